The van der Waals surface area contributed by atoms with E-state index in [4.69, 9.17) is 8.83 Å². The van der Waals surface area contributed by atoms with E-state index >= 15 is 0 Å². The highest BCUT2D eigenvalue weighted by molar-refractivity contribution is 5.89. The van der Waals surface area contributed by atoms with Gasteiger partial charge in [0.15, 0.2) is 0 Å². The summed E-state index contributed by atoms with van der Waals surface area (Å²) in [4.78, 5) is 26.0. The van der Waals surface area contributed by atoms with Crippen LogP contribution in [0.4, 0.5) is 0 Å². The maximum atomic E-state index is 12.3. The fourth-order valence-electron chi connectivity index (χ4n) is 2.83. The summed E-state index contributed by atoms with van der Waals surface area (Å²) in [6, 6.07) is 7.28. The fraction of sp³-hybridized carbons (Fsp3) is 0.412. The van der Waals surface area contributed by atoms with Crippen LogP contribution in [0.15, 0.2) is 45.6 Å². The highest BCUT2D eigenvalue weighted by atomic mass is 16.3. The molecule has 1 aliphatic heterocycles. The van der Waals surface area contributed by atoms with Crippen LogP contribution in [-0.4, -0.2) is 29.3 Å². The van der Waals surface area contributed by atoms with Crippen molar-refractivity contribution in [1.82, 2.24) is 10.2 Å². The maximum Gasteiger partial charge on any atom is 0.225 e. The van der Waals surface area contributed by atoms with Gasteiger partial charge in [0.25, 0.3) is 0 Å². The average molecular weight is 316 g/mol. The molecule has 2 aromatic rings. The van der Waals surface area contributed by atoms with Gasteiger partial charge in [0.2, 0.25) is 11.8 Å². The molecule has 1 N–H and O–H groups in total. The molecule has 0 aliphatic carbocycles. The number of hydrogen-bond donors (Lipinski definition) is 1. The summed E-state index contributed by atoms with van der Waals surface area (Å²) < 4.78 is 10.5. The van der Waals surface area contributed by atoms with Gasteiger partial charge in [-0.25, -0.2) is 0 Å². The fourth-order valence-corrected chi connectivity index (χ4v) is 2.83. The molecule has 3 rings (SSSR count). The molecule has 0 saturated carbocycles. The Balaban J connectivity index is 1.51. The molecule has 2 atom stereocenters. The second-order valence-electron chi connectivity index (χ2n) is 5.95. The Morgan fingerprint density at radius 1 is 1.30 bits per heavy atom. The normalized spacial score (nSPS) is 19.1. The molecule has 1 fully saturated rings. The van der Waals surface area contributed by atoms with E-state index in [0.29, 0.717) is 19.5 Å². The molecule has 23 heavy (non-hydrogen) atoms. The molecule has 2 aromatic heterocycles. The monoisotopic (exact) mass is 316 g/mol. The number of carbonyl (C=O) groups excluding carboxylic acids is 2. The first kappa shape index (κ1) is 15.4. The number of nitrogens with zero attached hydrogens (tertiary/aromatic N) is 1. The summed E-state index contributed by atoms with van der Waals surface area (Å²) in [6.45, 7) is 2.77. The smallest absolute Gasteiger partial charge is 0.225 e. The van der Waals surface area contributed by atoms with Gasteiger partial charge >= 0.3 is 0 Å². The van der Waals surface area contributed by atoms with Crippen LogP contribution in [0, 0.1) is 5.92 Å². The summed E-state index contributed by atoms with van der Waals surface area (Å²) in [7, 11) is 0. The van der Waals surface area contributed by atoms with E-state index < -0.39 is 0 Å². The third-order valence-corrected chi connectivity index (χ3v) is 3.99. The first-order valence-corrected chi connectivity index (χ1v) is 7.74. The van der Waals surface area contributed by atoms with Crippen LogP contribution in [0.3, 0.4) is 0 Å². The highest BCUT2D eigenvalue weighted by Crippen LogP contribution is 2.21. The van der Waals surface area contributed by atoms with Crippen LogP contribution in [0.2, 0.25) is 0 Å². The van der Waals surface area contributed by atoms with Crippen LogP contribution >= 0.6 is 0 Å². The van der Waals surface area contributed by atoms with Crippen LogP contribution in [0.5, 0.6) is 0 Å². The first-order chi connectivity index (χ1) is 11.1. The molecule has 0 aromatic carbocycles. The molecular formula is C17H20N2O4. The van der Waals surface area contributed by atoms with E-state index in [-0.39, 0.29) is 30.2 Å². The molecule has 2 amide bonds. The number of hydrogen-bond acceptors (Lipinski definition) is 4. The Morgan fingerprint density at radius 3 is 2.65 bits per heavy atom. The average Bonchev–Trinajstić information content (AvgIpc) is 3.23. The molecule has 3 heterocycles. The van der Waals surface area contributed by atoms with Gasteiger partial charge in [0.05, 0.1) is 25.0 Å². The molecule has 0 unspecified atom stereocenters. The van der Waals surface area contributed by atoms with E-state index in [9.17, 15) is 9.59 Å². The van der Waals surface area contributed by atoms with Gasteiger partial charge in [-0.15, -0.1) is 0 Å². The molecule has 1 saturated heterocycles. The Morgan fingerprint density at radius 2 is 2.00 bits per heavy atom. The van der Waals surface area contributed by atoms with Gasteiger partial charge < -0.3 is 19.1 Å². The van der Waals surface area contributed by atoms with Crippen LogP contribution in [0.1, 0.15) is 24.9 Å². The lowest BCUT2D eigenvalue weighted by atomic mass is 10.1. The van der Waals surface area contributed by atoms with E-state index in [1.165, 1.54) is 0 Å². The van der Waals surface area contributed by atoms with Crippen molar-refractivity contribution in [3.63, 3.8) is 0 Å². The van der Waals surface area contributed by atoms with Crippen molar-refractivity contribution in [2.75, 3.05) is 6.54 Å². The zero-order chi connectivity index (χ0) is 16.2. The molecule has 122 valence electrons. The largest absolute Gasteiger partial charge is 0.469 e. The zero-order valence-electron chi connectivity index (χ0n) is 13.0. The Labute approximate surface area is 134 Å². The molecule has 6 nitrogen and oxygen atoms in total. The summed E-state index contributed by atoms with van der Waals surface area (Å²) >= 11 is 0. The number of rotatable bonds is 6. The lowest BCUT2D eigenvalue weighted by Gasteiger charge is -2.17. The Bertz CT molecular complexity index is 648. The molecule has 0 spiro atoms. The van der Waals surface area contributed by atoms with Crippen LogP contribution in [-0.2, 0) is 22.6 Å². The van der Waals surface area contributed by atoms with E-state index in [0.717, 1.165) is 11.5 Å². The lowest BCUT2D eigenvalue weighted by Crippen LogP contribution is -2.39. The number of amides is 2. The van der Waals surface area contributed by atoms with Crippen molar-refractivity contribution in [2.24, 2.45) is 5.92 Å². The maximum absolute atomic E-state index is 12.3. The number of carbonyl (C=O) groups is 2. The van der Waals surface area contributed by atoms with Crippen molar-refractivity contribution in [1.29, 1.82) is 0 Å². The molecule has 0 bridgehead atoms. The van der Waals surface area contributed by atoms with E-state index in [1.54, 1.807) is 23.5 Å². The van der Waals surface area contributed by atoms with Gasteiger partial charge in [-0.2, -0.15) is 0 Å². The molecule has 0 radical (unpaired) electrons. The van der Waals surface area contributed by atoms with Crippen molar-refractivity contribution in [3.05, 3.63) is 48.3 Å². The predicted octanol–water partition coefficient (Wildman–Crippen LogP) is 1.97. The number of furan rings is 2. The highest BCUT2D eigenvalue weighted by Gasteiger charge is 2.35. The van der Waals surface area contributed by atoms with E-state index in [1.807, 2.05) is 25.1 Å². The minimum absolute atomic E-state index is 0.0137. The minimum Gasteiger partial charge on any atom is -0.469 e. The standard InChI is InChI=1S/C17H20N2O4/c1-12(8-14-4-2-6-22-14)18-17(21)13-9-16(20)19(10-13)11-15-5-3-7-23-15/h2-7,12-13H,8-11H2,1H3,(H,18,21)/t12-,13+/m0/s1. The van der Waals surface area contributed by atoms with Crippen molar-refractivity contribution < 1.29 is 18.4 Å². The van der Waals surface area contributed by atoms with Gasteiger partial charge in [-0.3, -0.25) is 9.59 Å². The number of nitrogens with one attached hydrogen (secondary N) is 1. The molecule has 6 heteroatoms. The summed E-state index contributed by atoms with van der Waals surface area (Å²) in [5, 5.41) is 2.96. The third-order valence-electron chi connectivity index (χ3n) is 3.99. The van der Waals surface area contributed by atoms with Gasteiger partial charge in [0.1, 0.15) is 11.5 Å². The first-order valence-electron chi connectivity index (χ1n) is 7.74. The van der Waals surface area contributed by atoms with Crippen LogP contribution < -0.4 is 5.32 Å². The van der Waals surface area contributed by atoms with Crippen molar-refractivity contribution in [3.8, 4) is 0 Å². The summed E-state index contributed by atoms with van der Waals surface area (Å²) in [5.41, 5.74) is 0. The van der Waals surface area contributed by atoms with Gasteiger partial charge in [0, 0.05) is 25.4 Å². The van der Waals surface area contributed by atoms with Crippen molar-refractivity contribution in [2.45, 2.75) is 32.4 Å². The topological polar surface area (TPSA) is 75.7 Å². The summed E-state index contributed by atoms with van der Waals surface area (Å²) in [5.74, 6) is 1.15. The second-order valence-corrected chi connectivity index (χ2v) is 5.95. The van der Waals surface area contributed by atoms with Crippen LogP contribution in [0.25, 0.3) is 0 Å². The van der Waals surface area contributed by atoms with Crippen molar-refractivity contribution >= 4 is 11.8 Å². The quantitative estimate of drug-likeness (QED) is 0.884. The SMILES string of the molecule is C[C@@H](Cc1ccco1)NC(=O)[C@@H]1CC(=O)N(Cc2ccco2)C1. The van der Waals surface area contributed by atoms with E-state index in [2.05, 4.69) is 5.32 Å². The molecule has 1 aliphatic rings. The molecular weight excluding hydrogens is 296 g/mol. The lowest BCUT2D eigenvalue weighted by molar-refractivity contribution is -0.129. The Hall–Kier alpha value is -2.50. The minimum atomic E-state index is -0.309. The predicted molar refractivity (Wildman–Crippen MR) is 82.2 cm³/mol. The zero-order valence-corrected chi connectivity index (χ0v) is 13.0. The summed E-state index contributed by atoms with van der Waals surface area (Å²) in [6.07, 6.45) is 4.08. The number of likely N-dealkylation sites (tertiary alicyclic amines) is 1. The van der Waals surface area contributed by atoms with Gasteiger partial charge in [-0.1, -0.05) is 0 Å². The third kappa shape index (κ3) is 3.83. The van der Waals surface area contributed by atoms with Gasteiger partial charge in [-0.05, 0) is 31.2 Å². The Kier molecular flexibility index (Phi) is 4.50. The second kappa shape index (κ2) is 6.73.